The standard InChI is InChI=1S/C5H7P/c1-5-3-2-4-6-5/h2,5H,3H2,1H3/t5-/m0/s1. The average molecular weight is 98.1 g/mol. The molecule has 1 rings (SSSR count). The molecule has 1 heterocycles. The maximum atomic E-state index is 3.12. The third-order valence-electron chi connectivity index (χ3n) is 0.845. The van der Waals surface area contributed by atoms with Gasteiger partial charge in [0.05, 0.1) is 0 Å². The highest BCUT2D eigenvalue weighted by Crippen LogP contribution is 2.14. The molecule has 0 saturated heterocycles. The van der Waals surface area contributed by atoms with Crippen molar-refractivity contribution in [1.29, 1.82) is 0 Å². The molecular weight excluding hydrogens is 91.0 g/mol. The first kappa shape index (κ1) is 4.12. The summed E-state index contributed by atoms with van der Waals surface area (Å²) in [5.74, 6) is 0. The van der Waals surface area contributed by atoms with Gasteiger partial charge in [-0.1, -0.05) is 12.4 Å². The summed E-state index contributed by atoms with van der Waals surface area (Å²) < 4.78 is 0. The summed E-state index contributed by atoms with van der Waals surface area (Å²) in [6.45, 7) is 2.23. The Kier molecular flexibility index (Phi) is 1.10. The fourth-order valence-corrected chi connectivity index (χ4v) is 1.13. The third-order valence-corrected chi connectivity index (χ3v) is 1.83. The monoisotopic (exact) mass is 98.0 g/mol. The Morgan fingerprint density at radius 3 is 3.00 bits per heavy atom. The molecule has 0 N–H and O–H groups in total. The molecule has 1 aliphatic heterocycles. The fourth-order valence-electron chi connectivity index (χ4n) is 0.456. The van der Waals surface area contributed by atoms with Gasteiger partial charge in [0.25, 0.3) is 0 Å². The minimum absolute atomic E-state index is 0.852. The second kappa shape index (κ2) is 1.60. The van der Waals surface area contributed by atoms with Gasteiger partial charge in [0.2, 0.25) is 0 Å². The van der Waals surface area contributed by atoms with Gasteiger partial charge in [-0.2, -0.15) is 0 Å². The van der Waals surface area contributed by atoms with E-state index in [0.717, 1.165) is 5.66 Å². The molecule has 0 spiro atoms. The molecule has 0 amide bonds. The van der Waals surface area contributed by atoms with Gasteiger partial charge in [0.1, 0.15) is 0 Å². The zero-order valence-corrected chi connectivity index (χ0v) is 4.70. The molecule has 0 aromatic heterocycles. The summed E-state index contributed by atoms with van der Waals surface area (Å²) in [5, 5.41) is 0. The summed E-state index contributed by atoms with van der Waals surface area (Å²) in [6.07, 6.45) is 3.35. The highest BCUT2D eigenvalue weighted by Gasteiger charge is 1.95. The lowest BCUT2D eigenvalue weighted by Gasteiger charge is -1.87. The largest absolute Gasteiger partial charge is 0.0979 e. The molecular formula is C5H7P. The zero-order valence-electron chi connectivity index (χ0n) is 3.81. The smallest absolute Gasteiger partial charge is 0.00956 e. The lowest BCUT2D eigenvalue weighted by molar-refractivity contribution is 0.995. The minimum atomic E-state index is 0.852. The van der Waals surface area contributed by atoms with Crippen LogP contribution in [-0.4, -0.2) is 11.1 Å². The normalized spacial score (nSPS) is 31.8. The van der Waals surface area contributed by atoms with E-state index in [1.54, 1.807) is 0 Å². The van der Waals surface area contributed by atoms with Crippen molar-refractivity contribution in [2.24, 2.45) is 0 Å². The molecule has 0 radical (unpaired) electrons. The Labute approximate surface area is 39.7 Å². The van der Waals surface area contributed by atoms with Gasteiger partial charge < -0.3 is 0 Å². The molecule has 6 heavy (non-hydrogen) atoms. The Bertz CT molecular complexity index is 98.5. The molecule has 0 nitrogen and oxygen atoms in total. The van der Waals surface area contributed by atoms with Crippen LogP contribution in [0.15, 0.2) is 6.08 Å². The molecule has 1 atom stereocenters. The van der Waals surface area contributed by atoms with Gasteiger partial charge in [0.15, 0.2) is 0 Å². The summed E-state index contributed by atoms with van der Waals surface area (Å²) in [6, 6.07) is 0. The van der Waals surface area contributed by atoms with E-state index in [1.165, 1.54) is 14.6 Å². The predicted octanol–water partition coefficient (Wildman–Crippen LogP) is 1.68. The first-order chi connectivity index (χ1) is 2.89. The van der Waals surface area contributed by atoms with Crippen molar-refractivity contribution < 1.29 is 0 Å². The van der Waals surface area contributed by atoms with Gasteiger partial charge in [-0.3, -0.25) is 0 Å². The highest BCUT2D eigenvalue weighted by atomic mass is 31.1. The van der Waals surface area contributed by atoms with Gasteiger partial charge in [-0.15, -0.1) is 0 Å². The Hall–Kier alpha value is -0.0500. The summed E-state index contributed by atoms with van der Waals surface area (Å²) in [5.41, 5.74) is 3.97. The van der Waals surface area contributed by atoms with Gasteiger partial charge in [-0.05, 0) is 20.7 Å². The highest BCUT2D eigenvalue weighted by molar-refractivity contribution is 7.39. The Morgan fingerprint density at radius 1 is 2.00 bits per heavy atom. The van der Waals surface area contributed by atoms with E-state index in [9.17, 15) is 0 Å². The lowest BCUT2D eigenvalue weighted by Crippen LogP contribution is -1.80. The molecule has 0 aliphatic carbocycles. The van der Waals surface area contributed by atoms with Gasteiger partial charge in [0, 0.05) is 5.66 Å². The van der Waals surface area contributed by atoms with Crippen molar-refractivity contribution in [2.75, 3.05) is 0 Å². The fraction of sp³-hybridized carbons (Fsp3) is 0.600. The first-order valence-corrected chi connectivity index (χ1v) is 3.13. The van der Waals surface area contributed by atoms with E-state index in [1.807, 2.05) is 0 Å². The van der Waals surface area contributed by atoms with Crippen molar-refractivity contribution in [3.05, 3.63) is 6.08 Å². The van der Waals surface area contributed by atoms with Crippen LogP contribution >= 0.6 is 8.20 Å². The van der Waals surface area contributed by atoms with Crippen molar-refractivity contribution in [1.82, 2.24) is 0 Å². The van der Waals surface area contributed by atoms with E-state index in [4.69, 9.17) is 0 Å². The Morgan fingerprint density at radius 2 is 2.83 bits per heavy atom. The zero-order chi connectivity index (χ0) is 4.41. The number of hydrogen-bond acceptors (Lipinski definition) is 0. The summed E-state index contributed by atoms with van der Waals surface area (Å²) in [7, 11) is 1.38. The van der Waals surface area contributed by atoms with Crippen LogP contribution in [0.1, 0.15) is 13.3 Å². The van der Waals surface area contributed by atoms with E-state index < -0.39 is 0 Å². The molecule has 0 unspecified atom stereocenters. The van der Waals surface area contributed by atoms with Crippen LogP contribution in [0.3, 0.4) is 0 Å². The first-order valence-electron chi connectivity index (χ1n) is 2.16. The van der Waals surface area contributed by atoms with Gasteiger partial charge >= 0.3 is 0 Å². The van der Waals surface area contributed by atoms with E-state index in [2.05, 4.69) is 18.5 Å². The van der Waals surface area contributed by atoms with E-state index >= 15 is 0 Å². The predicted molar refractivity (Wildman–Crippen MR) is 30.6 cm³/mol. The number of allylic oxidation sites excluding steroid dienone is 1. The van der Waals surface area contributed by atoms with Crippen LogP contribution in [-0.2, 0) is 0 Å². The third kappa shape index (κ3) is 0.712. The van der Waals surface area contributed by atoms with Crippen molar-refractivity contribution in [2.45, 2.75) is 19.0 Å². The van der Waals surface area contributed by atoms with Gasteiger partial charge in [-0.25, -0.2) is 0 Å². The van der Waals surface area contributed by atoms with E-state index in [-0.39, 0.29) is 0 Å². The molecule has 0 aromatic carbocycles. The molecule has 0 fully saturated rings. The summed E-state index contributed by atoms with van der Waals surface area (Å²) >= 11 is 0. The number of hydrogen-bond donors (Lipinski definition) is 0. The second-order valence-corrected chi connectivity index (χ2v) is 2.94. The van der Waals surface area contributed by atoms with E-state index in [0.29, 0.717) is 0 Å². The maximum Gasteiger partial charge on any atom is 0.00956 e. The molecule has 32 valence electrons. The molecule has 1 aliphatic rings. The van der Waals surface area contributed by atoms with Crippen molar-refractivity contribution >= 4 is 13.7 Å². The molecule has 1 heteroatoms. The minimum Gasteiger partial charge on any atom is -0.0979 e. The topological polar surface area (TPSA) is 0 Å². The summed E-state index contributed by atoms with van der Waals surface area (Å²) in [4.78, 5) is 0. The Balaban J connectivity index is 2.55. The van der Waals surface area contributed by atoms with Crippen LogP contribution in [0.5, 0.6) is 0 Å². The second-order valence-electron chi connectivity index (χ2n) is 1.55. The number of rotatable bonds is 0. The lowest BCUT2D eigenvalue weighted by atomic mass is 10.3. The van der Waals surface area contributed by atoms with Crippen LogP contribution in [0.25, 0.3) is 0 Å². The van der Waals surface area contributed by atoms with Crippen LogP contribution in [0.2, 0.25) is 0 Å². The van der Waals surface area contributed by atoms with Crippen LogP contribution in [0, 0.1) is 0 Å². The molecule has 0 bridgehead atoms. The molecule has 0 aromatic rings. The van der Waals surface area contributed by atoms with Crippen molar-refractivity contribution in [3.63, 3.8) is 0 Å². The average Bonchev–Trinajstić information content (AvgIpc) is 1.86. The van der Waals surface area contributed by atoms with Crippen molar-refractivity contribution in [3.8, 4) is 0 Å². The van der Waals surface area contributed by atoms with Crippen LogP contribution < -0.4 is 0 Å². The van der Waals surface area contributed by atoms with Crippen LogP contribution in [0.4, 0.5) is 0 Å². The SMILES string of the molecule is C[C@H]1CC=C=P1. The quantitative estimate of drug-likeness (QED) is 0.404. The molecule has 0 saturated carbocycles. The maximum absolute atomic E-state index is 3.12.